The van der Waals surface area contributed by atoms with Gasteiger partial charge in [-0.15, -0.1) is 0 Å². The third kappa shape index (κ3) is 4.61. The second kappa shape index (κ2) is 7.66. The van der Waals surface area contributed by atoms with Crippen molar-refractivity contribution in [1.82, 2.24) is 0 Å². The fraction of sp³-hybridized carbons (Fsp3) is 0.250. The zero-order chi connectivity index (χ0) is 15.2. The highest BCUT2D eigenvalue weighted by Crippen LogP contribution is 2.27. The van der Waals surface area contributed by atoms with Gasteiger partial charge in [-0.3, -0.25) is 0 Å². The van der Waals surface area contributed by atoms with Gasteiger partial charge in [0.05, 0.1) is 16.1 Å². The van der Waals surface area contributed by atoms with Gasteiger partial charge in [-0.2, -0.15) is 0 Å². The average molecular weight is 373 g/mol. The van der Waals surface area contributed by atoms with Gasteiger partial charge in [0.15, 0.2) is 0 Å². The summed E-state index contributed by atoms with van der Waals surface area (Å²) in [7, 11) is 0. The van der Waals surface area contributed by atoms with Crippen molar-refractivity contribution in [2.75, 3.05) is 11.9 Å². The van der Waals surface area contributed by atoms with Crippen molar-refractivity contribution in [3.8, 4) is 5.75 Å². The summed E-state index contributed by atoms with van der Waals surface area (Å²) in [6.07, 6.45) is 0.973. The predicted octanol–water partition coefficient (Wildman–Crippen LogP) is 5.64. The molecule has 2 rings (SSSR count). The van der Waals surface area contributed by atoms with Gasteiger partial charge in [-0.05, 0) is 58.2 Å². The molecule has 0 aromatic heterocycles. The quantitative estimate of drug-likeness (QED) is 0.708. The molecule has 0 aliphatic rings. The van der Waals surface area contributed by atoms with Gasteiger partial charge in [-0.25, -0.2) is 4.39 Å². The zero-order valence-electron chi connectivity index (χ0n) is 11.6. The lowest BCUT2D eigenvalue weighted by molar-refractivity contribution is 0.315. The van der Waals surface area contributed by atoms with Crippen LogP contribution in [0, 0.1) is 5.82 Å². The van der Waals surface area contributed by atoms with Gasteiger partial charge in [-0.1, -0.05) is 24.6 Å². The topological polar surface area (TPSA) is 21.3 Å². The molecule has 1 N–H and O–H groups in total. The Labute approximate surface area is 137 Å². The molecule has 0 atom stereocenters. The summed E-state index contributed by atoms with van der Waals surface area (Å²) in [6.45, 7) is 3.39. The zero-order valence-corrected chi connectivity index (χ0v) is 14.0. The van der Waals surface area contributed by atoms with Crippen LogP contribution in [0.15, 0.2) is 40.9 Å². The summed E-state index contributed by atoms with van der Waals surface area (Å²) >= 11 is 9.25. The van der Waals surface area contributed by atoms with E-state index in [1.54, 1.807) is 12.1 Å². The monoisotopic (exact) mass is 371 g/mol. The molecule has 0 bridgehead atoms. The van der Waals surface area contributed by atoms with Gasteiger partial charge < -0.3 is 10.1 Å². The van der Waals surface area contributed by atoms with Crippen molar-refractivity contribution in [3.05, 3.63) is 57.3 Å². The predicted molar refractivity (Wildman–Crippen MR) is 88.7 cm³/mol. The Balaban J connectivity index is 1.99. The molecule has 0 unspecified atom stereocenters. The molecule has 0 saturated carbocycles. The SMILES string of the molecule is CCCOc1ccc(CNc2ccc(F)c(Cl)c2)cc1Br. The standard InChI is InChI=1S/C16H16BrClFNO/c1-2-7-21-16-6-3-11(8-13(16)17)10-20-12-4-5-15(19)14(18)9-12/h3-6,8-9,20H,2,7,10H2,1H3. The Hall–Kier alpha value is -1.26. The van der Waals surface area contributed by atoms with E-state index in [1.165, 1.54) is 6.07 Å². The number of anilines is 1. The first-order chi connectivity index (χ1) is 10.1. The van der Waals surface area contributed by atoms with Crippen molar-refractivity contribution in [2.45, 2.75) is 19.9 Å². The minimum absolute atomic E-state index is 0.115. The minimum atomic E-state index is -0.414. The molecule has 0 radical (unpaired) electrons. The number of rotatable bonds is 6. The number of halogens is 3. The fourth-order valence-electron chi connectivity index (χ4n) is 1.79. The first-order valence-corrected chi connectivity index (χ1v) is 7.87. The van der Waals surface area contributed by atoms with E-state index in [9.17, 15) is 4.39 Å². The maximum atomic E-state index is 13.1. The van der Waals surface area contributed by atoms with Crippen molar-refractivity contribution in [2.24, 2.45) is 0 Å². The molecular formula is C16H16BrClFNO. The van der Waals surface area contributed by atoms with E-state index in [1.807, 2.05) is 18.2 Å². The molecule has 0 aliphatic heterocycles. The molecule has 0 heterocycles. The molecule has 2 nitrogen and oxygen atoms in total. The van der Waals surface area contributed by atoms with Crippen LogP contribution in [0.2, 0.25) is 5.02 Å². The second-order valence-corrected chi connectivity index (χ2v) is 5.86. The molecule has 0 fully saturated rings. The van der Waals surface area contributed by atoms with E-state index in [4.69, 9.17) is 16.3 Å². The summed E-state index contributed by atoms with van der Waals surface area (Å²) in [4.78, 5) is 0. The molecule has 0 spiro atoms. The molecule has 0 amide bonds. The van der Waals surface area contributed by atoms with E-state index in [0.29, 0.717) is 13.2 Å². The summed E-state index contributed by atoms with van der Waals surface area (Å²) in [5.41, 5.74) is 1.87. The molecule has 0 saturated heterocycles. The van der Waals surface area contributed by atoms with Crippen LogP contribution in [0.4, 0.5) is 10.1 Å². The van der Waals surface area contributed by atoms with Crippen LogP contribution >= 0.6 is 27.5 Å². The van der Waals surface area contributed by atoms with Crippen LogP contribution in [0.1, 0.15) is 18.9 Å². The molecule has 112 valence electrons. The molecule has 2 aromatic rings. The van der Waals surface area contributed by atoms with Gasteiger partial charge in [0.25, 0.3) is 0 Å². The number of benzene rings is 2. The number of hydrogen-bond donors (Lipinski definition) is 1. The van der Waals surface area contributed by atoms with Crippen molar-refractivity contribution < 1.29 is 9.13 Å². The lowest BCUT2D eigenvalue weighted by atomic mass is 10.2. The highest BCUT2D eigenvalue weighted by molar-refractivity contribution is 9.10. The Morgan fingerprint density at radius 1 is 1.24 bits per heavy atom. The summed E-state index contributed by atoms with van der Waals surface area (Å²) < 4.78 is 19.6. The Morgan fingerprint density at radius 3 is 2.71 bits per heavy atom. The molecule has 21 heavy (non-hydrogen) atoms. The van der Waals surface area contributed by atoms with E-state index in [0.717, 1.165) is 27.9 Å². The Kier molecular flexibility index (Phi) is 5.88. The van der Waals surface area contributed by atoms with Crippen LogP contribution in [-0.4, -0.2) is 6.61 Å². The number of hydrogen-bond acceptors (Lipinski definition) is 2. The average Bonchev–Trinajstić information content (AvgIpc) is 2.47. The Bertz CT molecular complexity index is 621. The van der Waals surface area contributed by atoms with E-state index < -0.39 is 5.82 Å². The van der Waals surface area contributed by atoms with Crippen LogP contribution in [0.25, 0.3) is 0 Å². The Morgan fingerprint density at radius 2 is 2.05 bits per heavy atom. The molecule has 0 aliphatic carbocycles. The maximum Gasteiger partial charge on any atom is 0.141 e. The molecule has 5 heteroatoms. The van der Waals surface area contributed by atoms with E-state index >= 15 is 0 Å². The van der Waals surface area contributed by atoms with Gasteiger partial charge >= 0.3 is 0 Å². The fourth-order valence-corrected chi connectivity index (χ4v) is 2.51. The summed E-state index contributed by atoms with van der Waals surface area (Å²) in [6, 6.07) is 10.5. The maximum absolute atomic E-state index is 13.1. The lowest BCUT2D eigenvalue weighted by Gasteiger charge is -2.10. The second-order valence-electron chi connectivity index (χ2n) is 4.60. The summed E-state index contributed by atoms with van der Waals surface area (Å²) in [5, 5.41) is 3.32. The first kappa shape index (κ1) is 16.1. The minimum Gasteiger partial charge on any atom is -0.492 e. The van der Waals surface area contributed by atoms with Crippen LogP contribution in [0.5, 0.6) is 5.75 Å². The summed E-state index contributed by atoms with van der Waals surface area (Å²) in [5.74, 6) is 0.424. The van der Waals surface area contributed by atoms with Crippen LogP contribution in [-0.2, 0) is 6.54 Å². The van der Waals surface area contributed by atoms with E-state index in [2.05, 4.69) is 28.2 Å². The first-order valence-electron chi connectivity index (χ1n) is 6.70. The normalized spacial score (nSPS) is 10.5. The van der Waals surface area contributed by atoms with E-state index in [-0.39, 0.29) is 5.02 Å². The lowest BCUT2D eigenvalue weighted by Crippen LogP contribution is -2.01. The smallest absolute Gasteiger partial charge is 0.141 e. The van der Waals surface area contributed by atoms with Gasteiger partial charge in [0.2, 0.25) is 0 Å². The molecular weight excluding hydrogens is 357 g/mol. The van der Waals surface area contributed by atoms with Crippen molar-refractivity contribution in [1.29, 1.82) is 0 Å². The highest BCUT2D eigenvalue weighted by atomic mass is 79.9. The number of ether oxygens (including phenoxy) is 1. The van der Waals surface area contributed by atoms with Crippen LogP contribution < -0.4 is 10.1 Å². The third-order valence-corrected chi connectivity index (χ3v) is 3.78. The molecule has 2 aromatic carbocycles. The van der Waals surface area contributed by atoms with Crippen molar-refractivity contribution in [3.63, 3.8) is 0 Å². The van der Waals surface area contributed by atoms with Gasteiger partial charge in [0.1, 0.15) is 11.6 Å². The largest absolute Gasteiger partial charge is 0.492 e. The highest BCUT2D eigenvalue weighted by Gasteiger charge is 2.04. The van der Waals surface area contributed by atoms with Crippen LogP contribution in [0.3, 0.4) is 0 Å². The van der Waals surface area contributed by atoms with Crippen molar-refractivity contribution >= 4 is 33.2 Å². The van der Waals surface area contributed by atoms with Gasteiger partial charge in [0, 0.05) is 12.2 Å². The number of nitrogens with one attached hydrogen (secondary N) is 1. The third-order valence-electron chi connectivity index (χ3n) is 2.87.